The molecule has 0 radical (unpaired) electrons. The minimum Gasteiger partial charge on any atom is -0.379 e. The number of aromatic nitrogens is 3. The third-order valence-corrected chi connectivity index (χ3v) is 7.00. The Balaban J connectivity index is 1.50. The highest BCUT2D eigenvalue weighted by atomic mass is 32.2. The molecule has 2 amide bonds. The van der Waals surface area contributed by atoms with E-state index in [1.807, 2.05) is 16.4 Å². The Hall–Kier alpha value is -1.65. The molecule has 3 rings (SSSR count). The number of nitrogens with zero attached hydrogens (tertiary/aromatic N) is 5. The second kappa shape index (κ2) is 11.3. The molecule has 1 N–H and O–H groups in total. The van der Waals surface area contributed by atoms with Gasteiger partial charge >= 0.3 is 0 Å². The Bertz CT molecular complexity index is 747. The van der Waals surface area contributed by atoms with Crippen LogP contribution in [0.25, 0.3) is 0 Å². The van der Waals surface area contributed by atoms with Crippen LogP contribution in [0.5, 0.6) is 0 Å². The predicted octanol–water partition coefficient (Wildman–Crippen LogP) is 1.52. The van der Waals surface area contributed by atoms with Crippen LogP contribution < -0.4 is 5.32 Å². The lowest BCUT2D eigenvalue weighted by molar-refractivity contribution is -0.131. The zero-order valence-corrected chi connectivity index (χ0v) is 19.9. The van der Waals surface area contributed by atoms with Gasteiger partial charge in [-0.25, -0.2) is 0 Å². The molecule has 31 heavy (non-hydrogen) atoms. The molecule has 10 heteroatoms. The molecule has 9 nitrogen and oxygen atoms in total. The molecule has 174 valence electrons. The average Bonchev–Trinajstić information content (AvgIpc) is 3.05. The van der Waals surface area contributed by atoms with Crippen molar-refractivity contribution in [3.8, 4) is 0 Å². The number of hydrogen-bond acceptors (Lipinski definition) is 7. The van der Waals surface area contributed by atoms with Crippen LogP contribution in [-0.4, -0.2) is 87.1 Å². The van der Waals surface area contributed by atoms with Crippen molar-refractivity contribution >= 4 is 23.6 Å². The first-order valence-electron chi connectivity index (χ1n) is 11.3. The van der Waals surface area contributed by atoms with Crippen LogP contribution >= 0.6 is 11.8 Å². The van der Waals surface area contributed by atoms with Crippen molar-refractivity contribution < 1.29 is 14.3 Å². The molecule has 2 saturated heterocycles. The fraction of sp³-hybridized carbons (Fsp3) is 0.810. The maximum absolute atomic E-state index is 12.5. The van der Waals surface area contributed by atoms with E-state index in [9.17, 15) is 9.59 Å². The maximum atomic E-state index is 12.5. The fourth-order valence-electron chi connectivity index (χ4n) is 4.01. The maximum Gasteiger partial charge on any atom is 0.230 e. The highest BCUT2D eigenvalue weighted by molar-refractivity contribution is 7.99. The highest BCUT2D eigenvalue weighted by Crippen LogP contribution is 2.20. The van der Waals surface area contributed by atoms with E-state index < -0.39 is 0 Å². The van der Waals surface area contributed by atoms with Gasteiger partial charge in [-0.05, 0) is 33.6 Å². The van der Waals surface area contributed by atoms with Gasteiger partial charge in [0.2, 0.25) is 11.8 Å². The molecule has 2 aliphatic heterocycles. The highest BCUT2D eigenvalue weighted by Gasteiger charge is 2.28. The summed E-state index contributed by atoms with van der Waals surface area (Å²) in [6.07, 6.45) is 3.72. The smallest absolute Gasteiger partial charge is 0.230 e. The number of nitrogens with one attached hydrogen (secondary N) is 1. The van der Waals surface area contributed by atoms with Crippen LogP contribution in [-0.2, 0) is 27.4 Å². The fourth-order valence-corrected chi connectivity index (χ4v) is 4.86. The number of carbonyl (C=O) groups is 2. The lowest BCUT2D eigenvalue weighted by atomic mass is 10.0. The third kappa shape index (κ3) is 6.66. The molecule has 0 bridgehead atoms. The van der Waals surface area contributed by atoms with E-state index in [4.69, 9.17) is 4.74 Å². The number of carbonyl (C=O) groups excluding carboxylic acids is 2. The summed E-state index contributed by atoms with van der Waals surface area (Å²) in [6, 6.07) is 0. The molecule has 3 heterocycles. The van der Waals surface area contributed by atoms with Gasteiger partial charge in [0, 0.05) is 44.7 Å². The van der Waals surface area contributed by atoms with Gasteiger partial charge in [0.25, 0.3) is 0 Å². The predicted molar refractivity (Wildman–Crippen MR) is 120 cm³/mol. The summed E-state index contributed by atoms with van der Waals surface area (Å²) in [7, 11) is 0. The van der Waals surface area contributed by atoms with Crippen molar-refractivity contribution in [2.45, 2.75) is 70.2 Å². The Morgan fingerprint density at radius 1 is 1.16 bits per heavy atom. The molecular weight excluding hydrogens is 416 g/mol. The second-order valence-corrected chi connectivity index (χ2v) is 9.69. The van der Waals surface area contributed by atoms with Crippen LogP contribution in [0.1, 0.15) is 52.3 Å². The van der Waals surface area contributed by atoms with Crippen LogP contribution in [0.2, 0.25) is 0 Å². The first-order chi connectivity index (χ1) is 14.9. The van der Waals surface area contributed by atoms with Crippen molar-refractivity contribution in [3.05, 3.63) is 5.82 Å². The molecule has 1 aromatic rings. The topological polar surface area (TPSA) is 92.6 Å². The third-order valence-electron chi connectivity index (χ3n) is 6.03. The molecular formula is C21H36N6O3S. The number of morpholine rings is 1. The summed E-state index contributed by atoms with van der Waals surface area (Å²) in [6.45, 7) is 12.2. The molecule has 0 spiro atoms. The zero-order chi connectivity index (χ0) is 22.3. The Morgan fingerprint density at radius 2 is 1.94 bits per heavy atom. The van der Waals surface area contributed by atoms with Crippen LogP contribution in [0.4, 0.5) is 0 Å². The van der Waals surface area contributed by atoms with E-state index in [2.05, 4.69) is 34.3 Å². The number of thioether (sulfide) groups is 1. The summed E-state index contributed by atoms with van der Waals surface area (Å²) in [5, 5.41) is 12.4. The van der Waals surface area contributed by atoms with Gasteiger partial charge in [-0.15, -0.1) is 10.2 Å². The van der Waals surface area contributed by atoms with Crippen molar-refractivity contribution in [1.29, 1.82) is 0 Å². The quantitative estimate of drug-likeness (QED) is 0.568. The van der Waals surface area contributed by atoms with Crippen LogP contribution in [0.3, 0.4) is 0 Å². The lowest BCUT2D eigenvalue weighted by Crippen LogP contribution is -2.55. The van der Waals surface area contributed by atoms with Crippen molar-refractivity contribution in [2.24, 2.45) is 0 Å². The first-order valence-corrected chi connectivity index (χ1v) is 12.3. The molecule has 2 aliphatic rings. The van der Waals surface area contributed by atoms with Crippen LogP contribution in [0.15, 0.2) is 5.16 Å². The van der Waals surface area contributed by atoms with E-state index in [-0.39, 0.29) is 17.4 Å². The molecule has 0 saturated carbocycles. The summed E-state index contributed by atoms with van der Waals surface area (Å²) in [5.41, 5.74) is -0.111. The van der Waals surface area contributed by atoms with Gasteiger partial charge < -0.3 is 19.5 Å². The zero-order valence-electron chi connectivity index (χ0n) is 19.1. The van der Waals surface area contributed by atoms with Gasteiger partial charge in [0.15, 0.2) is 11.0 Å². The lowest BCUT2D eigenvalue weighted by Gasteiger charge is -2.40. The average molecular weight is 453 g/mol. The van der Waals surface area contributed by atoms with E-state index in [1.54, 1.807) is 0 Å². The van der Waals surface area contributed by atoms with Crippen molar-refractivity contribution in [1.82, 2.24) is 29.9 Å². The van der Waals surface area contributed by atoms with Gasteiger partial charge in [0.1, 0.15) is 0 Å². The van der Waals surface area contributed by atoms with E-state index in [1.165, 1.54) is 11.8 Å². The summed E-state index contributed by atoms with van der Waals surface area (Å²) < 4.78 is 7.43. The molecule has 2 fully saturated rings. The molecule has 0 unspecified atom stereocenters. The SMILES string of the molecule is CCn1c(CN2CCCCCC2=O)nnc1SCC(=O)NCC(C)(C)N1CCOCC1. The molecule has 0 atom stereocenters. The molecule has 0 aliphatic carbocycles. The van der Waals surface area contributed by atoms with Crippen molar-refractivity contribution in [2.75, 3.05) is 45.1 Å². The summed E-state index contributed by atoms with van der Waals surface area (Å²) in [4.78, 5) is 29.0. The van der Waals surface area contributed by atoms with E-state index in [0.29, 0.717) is 31.8 Å². The van der Waals surface area contributed by atoms with Gasteiger partial charge in [-0.1, -0.05) is 18.2 Å². The number of ether oxygens (including phenoxy) is 1. The standard InChI is InChI=1S/C21H36N6O3S/c1-4-27-17(14-25-9-7-5-6-8-19(25)29)23-24-20(27)31-15-18(28)22-16-21(2,3)26-10-12-30-13-11-26/h4-16H2,1-3H3,(H,22,28). The largest absolute Gasteiger partial charge is 0.379 e. The number of likely N-dealkylation sites (tertiary alicyclic amines) is 1. The Kier molecular flexibility index (Phi) is 8.74. The van der Waals surface area contributed by atoms with E-state index in [0.717, 1.165) is 63.1 Å². The monoisotopic (exact) mass is 452 g/mol. The first kappa shape index (κ1) is 24.0. The molecule has 1 aromatic heterocycles. The molecule has 0 aromatic carbocycles. The number of rotatable bonds is 9. The minimum absolute atomic E-state index is 0.0127. The summed E-state index contributed by atoms with van der Waals surface area (Å²) >= 11 is 1.39. The second-order valence-electron chi connectivity index (χ2n) is 8.75. The van der Waals surface area contributed by atoms with Crippen molar-refractivity contribution in [3.63, 3.8) is 0 Å². The van der Waals surface area contributed by atoms with Gasteiger partial charge in [-0.2, -0.15) is 0 Å². The van der Waals surface area contributed by atoms with Crippen LogP contribution in [0, 0.1) is 0 Å². The van der Waals surface area contributed by atoms with Gasteiger partial charge in [0.05, 0.1) is 25.5 Å². The minimum atomic E-state index is -0.111. The van der Waals surface area contributed by atoms with Gasteiger partial charge in [-0.3, -0.25) is 14.5 Å². The Labute approximate surface area is 189 Å². The summed E-state index contributed by atoms with van der Waals surface area (Å²) in [5.74, 6) is 1.26. The normalized spacial score (nSPS) is 18.8. The number of amides is 2. The Morgan fingerprint density at radius 3 is 2.68 bits per heavy atom. The number of hydrogen-bond donors (Lipinski definition) is 1. The van der Waals surface area contributed by atoms with E-state index >= 15 is 0 Å².